The van der Waals surface area contributed by atoms with Gasteiger partial charge in [0.1, 0.15) is 5.69 Å². The van der Waals surface area contributed by atoms with E-state index in [4.69, 9.17) is 0 Å². The summed E-state index contributed by atoms with van der Waals surface area (Å²) in [7, 11) is 1.91. The molecule has 0 radical (unpaired) electrons. The molecule has 7 nitrogen and oxygen atoms in total. The van der Waals surface area contributed by atoms with E-state index in [9.17, 15) is 4.79 Å². The minimum absolute atomic E-state index is 0.0922. The molecule has 3 heterocycles. The van der Waals surface area contributed by atoms with Crippen LogP contribution in [0.5, 0.6) is 0 Å². The summed E-state index contributed by atoms with van der Waals surface area (Å²) in [5.41, 5.74) is 2.42. The van der Waals surface area contributed by atoms with Crippen molar-refractivity contribution in [1.29, 1.82) is 0 Å². The number of aryl methyl sites for hydroxylation is 1. The zero-order valence-electron chi connectivity index (χ0n) is 14.5. The largest absolute Gasteiger partial charge is 0.369 e. The third kappa shape index (κ3) is 3.66. The lowest BCUT2D eigenvalue weighted by atomic mass is 10.1. The Labute approximate surface area is 147 Å². The Morgan fingerprint density at radius 2 is 2.12 bits per heavy atom. The SMILES string of the molecule is Cn1ccc(CC2(NC(=O)c3cc(N4CCNCC4)ccn3)CC2)n1. The normalized spacial score (nSPS) is 18.8. The number of carbonyl (C=O) groups is 1. The van der Waals surface area contributed by atoms with Gasteiger partial charge in [0.2, 0.25) is 0 Å². The lowest BCUT2D eigenvalue weighted by Gasteiger charge is -2.29. The lowest BCUT2D eigenvalue weighted by Crippen LogP contribution is -2.43. The first-order valence-corrected chi connectivity index (χ1v) is 8.86. The van der Waals surface area contributed by atoms with Crippen molar-refractivity contribution in [1.82, 2.24) is 25.4 Å². The highest BCUT2D eigenvalue weighted by Gasteiger charge is 2.44. The summed E-state index contributed by atoms with van der Waals surface area (Å²) < 4.78 is 1.80. The van der Waals surface area contributed by atoms with E-state index in [1.807, 2.05) is 31.4 Å². The van der Waals surface area contributed by atoms with Crippen LogP contribution < -0.4 is 15.5 Å². The summed E-state index contributed by atoms with van der Waals surface area (Å²) in [4.78, 5) is 19.3. The van der Waals surface area contributed by atoms with Crippen LogP contribution in [0.1, 0.15) is 29.0 Å². The molecule has 1 amide bonds. The molecule has 2 N–H and O–H groups in total. The molecule has 1 saturated heterocycles. The Hall–Kier alpha value is -2.41. The molecule has 2 fully saturated rings. The van der Waals surface area contributed by atoms with Gasteiger partial charge in [-0.15, -0.1) is 0 Å². The van der Waals surface area contributed by atoms with Gasteiger partial charge in [-0.1, -0.05) is 0 Å². The third-order valence-electron chi connectivity index (χ3n) is 4.98. The summed E-state index contributed by atoms with van der Waals surface area (Å²) in [6, 6.07) is 5.88. The van der Waals surface area contributed by atoms with Crippen molar-refractivity contribution in [3.63, 3.8) is 0 Å². The Morgan fingerprint density at radius 1 is 1.32 bits per heavy atom. The summed E-state index contributed by atoms with van der Waals surface area (Å²) in [6.45, 7) is 3.84. The number of pyridine rings is 1. The van der Waals surface area contributed by atoms with Crippen molar-refractivity contribution in [2.24, 2.45) is 7.05 Å². The maximum absolute atomic E-state index is 12.7. The van der Waals surface area contributed by atoms with Gasteiger partial charge in [0, 0.05) is 63.3 Å². The maximum Gasteiger partial charge on any atom is 0.270 e. The van der Waals surface area contributed by atoms with Crippen LogP contribution in [0, 0.1) is 0 Å². The Morgan fingerprint density at radius 3 is 2.80 bits per heavy atom. The number of hydrogen-bond acceptors (Lipinski definition) is 5. The quantitative estimate of drug-likeness (QED) is 0.839. The number of nitrogens with one attached hydrogen (secondary N) is 2. The van der Waals surface area contributed by atoms with Gasteiger partial charge in [0.05, 0.1) is 5.69 Å². The molecule has 1 saturated carbocycles. The van der Waals surface area contributed by atoms with Crippen molar-refractivity contribution in [2.45, 2.75) is 24.8 Å². The van der Waals surface area contributed by atoms with E-state index < -0.39 is 0 Å². The molecule has 2 aromatic rings. The van der Waals surface area contributed by atoms with Crippen molar-refractivity contribution in [3.05, 3.63) is 42.0 Å². The van der Waals surface area contributed by atoms with Gasteiger partial charge in [-0.2, -0.15) is 5.10 Å². The van der Waals surface area contributed by atoms with Crippen LogP contribution in [0.15, 0.2) is 30.6 Å². The van der Waals surface area contributed by atoms with Crippen LogP contribution in [0.4, 0.5) is 5.69 Å². The summed E-state index contributed by atoms with van der Waals surface area (Å²) in [6.07, 6.45) is 6.42. The van der Waals surface area contributed by atoms with Gasteiger partial charge in [0.15, 0.2) is 0 Å². The average molecular weight is 340 g/mol. The first-order valence-electron chi connectivity index (χ1n) is 8.86. The molecule has 0 spiro atoms. The summed E-state index contributed by atoms with van der Waals surface area (Å²) in [5, 5.41) is 11.0. The average Bonchev–Trinajstić information content (AvgIpc) is 3.27. The van der Waals surface area contributed by atoms with Crippen molar-refractivity contribution in [2.75, 3.05) is 31.1 Å². The molecule has 132 valence electrons. The molecule has 2 aliphatic rings. The number of hydrogen-bond donors (Lipinski definition) is 2. The second-order valence-corrected chi connectivity index (χ2v) is 7.03. The van der Waals surface area contributed by atoms with Crippen LogP contribution in [0.2, 0.25) is 0 Å². The first kappa shape index (κ1) is 16.1. The van der Waals surface area contributed by atoms with Crippen LogP contribution in [0.25, 0.3) is 0 Å². The zero-order chi connectivity index (χ0) is 17.3. The minimum atomic E-state index is -0.155. The number of amides is 1. The van der Waals surface area contributed by atoms with Crippen molar-refractivity contribution in [3.8, 4) is 0 Å². The highest BCUT2D eigenvalue weighted by Crippen LogP contribution is 2.38. The number of carbonyl (C=O) groups excluding carboxylic acids is 1. The van der Waals surface area contributed by atoms with E-state index >= 15 is 0 Å². The van der Waals surface area contributed by atoms with E-state index in [-0.39, 0.29) is 11.4 Å². The number of nitrogens with zero attached hydrogens (tertiary/aromatic N) is 4. The zero-order valence-corrected chi connectivity index (χ0v) is 14.5. The monoisotopic (exact) mass is 340 g/mol. The van der Waals surface area contributed by atoms with Crippen LogP contribution in [0.3, 0.4) is 0 Å². The standard InChI is InChI=1S/C18H24N6O/c1-23-9-3-14(22-23)13-18(4-5-18)21-17(25)16-12-15(2-6-20-16)24-10-7-19-8-11-24/h2-3,6,9,12,19H,4-5,7-8,10-11,13H2,1H3,(H,21,25). The number of anilines is 1. The molecule has 25 heavy (non-hydrogen) atoms. The van der Waals surface area contributed by atoms with Crippen molar-refractivity contribution < 1.29 is 4.79 Å². The van der Waals surface area contributed by atoms with Crippen LogP contribution >= 0.6 is 0 Å². The number of piperazine rings is 1. The molecular formula is C18H24N6O. The molecule has 1 aliphatic carbocycles. The lowest BCUT2D eigenvalue weighted by molar-refractivity contribution is 0.0926. The Bertz CT molecular complexity index is 760. The summed E-state index contributed by atoms with van der Waals surface area (Å²) in [5.74, 6) is -0.0922. The van der Waals surface area contributed by atoms with Gasteiger partial charge in [-0.25, -0.2) is 0 Å². The predicted molar refractivity (Wildman–Crippen MR) is 95.7 cm³/mol. The van der Waals surface area contributed by atoms with E-state index in [1.165, 1.54) is 0 Å². The van der Waals surface area contributed by atoms with E-state index in [0.29, 0.717) is 5.69 Å². The number of rotatable bonds is 5. The molecule has 0 aromatic carbocycles. The molecule has 0 bridgehead atoms. The van der Waals surface area contributed by atoms with Gasteiger partial charge in [0.25, 0.3) is 5.91 Å². The smallest absolute Gasteiger partial charge is 0.270 e. The highest BCUT2D eigenvalue weighted by molar-refractivity contribution is 5.94. The molecular weight excluding hydrogens is 316 g/mol. The molecule has 0 atom stereocenters. The van der Waals surface area contributed by atoms with E-state index in [2.05, 4.69) is 25.6 Å². The van der Waals surface area contributed by atoms with Gasteiger partial charge in [-0.3, -0.25) is 14.5 Å². The molecule has 7 heteroatoms. The van der Waals surface area contributed by atoms with E-state index in [0.717, 1.165) is 56.8 Å². The van der Waals surface area contributed by atoms with Crippen LogP contribution in [-0.2, 0) is 13.5 Å². The topological polar surface area (TPSA) is 75.1 Å². The van der Waals surface area contributed by atoms with Crippen LogP contribution in [-0.4, -0.2) is 52.4 Å². The fourth-order valence-electron chi connectivity index (χ4n) is 3.37. The van der Waals surface area contributed by atoms with Gasteiger partial charge >= 0.3 is 0 Å². The number of aromatic nitrogens is 3. The fourth-order valence-corrected chi connectivity index (χ4v) is 3.37. The second-order valence-electron chi connectivity index (χ2n) is 7.03. The molecule has 2 aromatic heterocycles. The summed E-state index contributed by atoms with van der Waals surface area (Å²) >= 11 is 0. The minimum Gasteiger partial charge on any atom is -0.369 e. The van der Waals surface area contributed by atoms with Crippen molar-refractivity contribution >= 4 is 11.6 Å². The molecule has 1 aliphatic heterocycles. The van der Waals surface area contributed by atoms with E-state index in [1.54, 1.807) is 10.9 Å². The Balaban J connectivity index is 1.44. The third-order valence-corrected chi connectivity index (χ3v) is 4.98. The predicted octanol–water partition coefficient (Wildman–Crippen LogP) is 0.730. The molecule has 4 rings (SSSR count). The Kier molecular flexibility index (Phi) is 4.17. The van der Waals surface area contributed by atoms with Gasteiger partial charge in [-0.05, 0) is 31.0 Å². The second kappa shape index (κ2) is 6.48. The molecule has 0 unspecified atom stereocenters. The highest BCUT2D eigenvalue weighted by atomic mass is 16.2. The fraction of sp³-hybridized carbons (Fsp3) is 0.500. The first-order chi connectivity index (χ1) is 12.1. The maximum atomic E-state index is 12.7. The van der Waals surface area contributed by atoms with Gasteiger partial charge < -0.3 is 15.5 Å².